The van der Waals surface area contributed by atoms with Crippen LogP contribution in [-0.4, -0.2) is 13.1 Å². The number of methoxy groups -OCH3 is 1. The summed E-state index contributed by atoms with van der Waals surface area (Å²) in [5, 5.41) is 0. The van der Waals surface area contributed by atoms with Crippen molar-refractivity contribution in [2.75, 3.05) is 7.11 Å². The van der Waals surface area contributed by atoms with E-state index in [0.717, 1.165) is 5.57 Å². The van der Waals surface area contributed by atoms with Crippen molar-refractivity contribution in [3.63, 3.8) is 0 Å². The van der Waals surface area contributed by atoms with Gasteiger partial charge in [0.15, 0.2) is 0 Å². The summed E-state index contributed by atoms with van der Waals surface area (Å²) in [6.45, 7) is 3.92. The van der Waals surface area contributed by atoms with Crippen molar-refractivity contribution in [1.29, 1.82) is 0 Å². The number of ether oxygens (including phenoxy) is 1. The third-order valence-electron chi connectivity index (χ3n) is 2.53. The zero-order valence-electron chi connectivity index (χ0n) is 7.64. The van der Waals surface area contributed by atoms with Crippen LogP contribution in [-0.2, 0) is 9.53 Å². The lowest BCUT2D eigenvalue weighted by Gasteiger charge is -2.10. The molecule has 1 aliphatic rings. The van der Waals surface area contributed by atoms with Gasteiger partial charge in [0.1, 0.15) is 0 Å². The highest BCUT2D eigenvalue weighted by Gasteiger charge is 2.19. The molecule has 68 valence electrons. The molecule has 1 aliphatic carbocycles. The highest BCUT2D eigenvalue weighted by atomic mass is 16.5. The Labute approximate surface area is 73.6 Å². The molecule has 0 saturated heterocycles. The number of rotatable bonds is 3. The normalized spacial score (nSPS) is 17.8. The second kappa shape index (κ2) is 4.29. The van der Waals surface area contributed by atoms with Gasteiger partial charge >= 0.3 is 5.97 Å². The first-order valence-corrected chi connectivity index (χ1v) is 4.48. The van der Waals surface area contributed by atoms with Gasteiger partial charge < -0.3 is 4.74 Å². The number of hydrogen-bond donors (Lipinski definition) is 0. The van der Waals surface area contributed by atoms with Gasteiger partial charge in [-0.05, 0) is 18.8 Å². The maximum Gasteiger partial charge on any atom is 0.309 e. The number of carbonyl (C=O) groups excluding carboxylic acids is 1. The van der Waals surface area contributed by atoms with Gasteiger partial charge in [-0.2, -0.15) is 0 Å². The van der Waals surface area contributed by atoms with Crippen molar-refractivity contribution < 1.29 is 9.53 Å². The fourth-order valence-corrected chi connectivity index (χ4v) is 1.74. The minimum atomic E-state index is -0.160. The van der Waals surface area contributed by atoms with Crippen LogP contribution in [0.15, 0.2) is 12.2 Å². The Morgan fingerprint density at radius 2 is 2.08 bits per heavy atom. The van der Waals surface area contributed by atoms with E-state index in [-0.39, 0.29) is 5.97 Å². The Kier molecular flexibility index (Phi) is 3.32. The molecule has 12 heavy (non-hydrogen) atoms. The SMILES string of the molecule is C=C(CC(=O)OC)C1CCCC1. The van der Waals surface area contributed by atoms with E-state index >= 15 is 0 Å². The number of carbonyl (C=O) groups is 1. The average Bonchev–Trinajstić information content (AvgIpc) is 2.56. The van der Waals surface area contributed by atoms with Crippen molar-refractivity contribution in [3.05, 3.63) is 12.2 Å². The first-order chi connectivity index (χ1) is 5.74. The molecule has 0 bridgehead atoms. The van der Waals surface area contributed by atoms with Gasteiger partial charge in [0, 0.05) is 0 Å². The lowest BCUT2D eigenvalue weighted by atomic mass is 9.96. The summed E-state index contributed by atoms with van der Waals surface area (Å²) in [5.74, 6) is 0.413. The van der Waals surface area contributed by atoms with Crippen LogP contribution < -0.4 is 0 Å². The molecule has 2 nitrogen and oxygen atoms in total. The molecule has 0 spiro atoms. The van der Waals surface area contributed by atoms with Crippen molar-refractivity contribution in [1.82, 2.24) is 0 Å². The second-order valence-electron chi connectivity index (χ2n) is 3.39. The average molecular weight is 168 g/mol. The van der Waals surface area contributed by atoms with E-state index in [1.165, 1.54) is 32.8 Å². The molecule has 0 atom stereocenters. The molecular weight excluding hydrogens is 152 g/mol. The molecule has 1 fully saturated rings. The quantitative estimate of drug-likeness (QED) is 0.477. The van der Waals surface area contributed by atoms with E-state index in [1.807, 2.05) is 0 Å². The summed E-state index contributed by atoms with van der Waals surface area (Å²) in [6.07, 6.45) is 5.38. The second-order valence-corrected chi connectivity index (χ2v) is 3.39. The molecule has 0 radical (unpaired) electrons. The van der Waals surface area contributed by atoms with E-state index in [0.29, 0.717) is 12.3 Å². The molecule has 1 saturated carbocycles. The minimum Gasteiger partial charge on any atom is -0.469 e. The highest BCUT2D eigenvalue weighted by molar-refractivity contribution is 5.72. The zero-order valence-corrected chi connectivity index (χ0v) is 7.64. The van der Waals surface area contributed by atoms with Crippen LogP contribution in [0.4, 0.5) is 0 Å². The fraction of sp³-hybridized carbons (Fsp3) is 0.700. The molecule has 0 N–H and O–H groups in total. The van der Waals surface area contributed by atoms with Crippen LogP contribution in [0.3, 0.4) is 0 Å². The largest absolute Gasteiger partial charge is 0.469 e. The number of esters is 1. The van der Waals surface area contributed by atoms with Crippen molar-refractivity contribution in [2.45, 2.75) is 32.1 Å². The van der Waals surface area contributed by atoms with Gasteiger partial charge in [0.05, 0.1) is 13.5 Å². The molecule has 0 unspecified atom stereocenters. The van der Waals surface area contributed by atoms with Crippen LogP contribution in [0, 0.1) is 5.92 Å². The summed E-state index contributed by atoms with van der Waals surface area (Å²) < 4.78 is 4.58. The van der Waals surface area contributed by atoms with Crippen LogP contribution in [0.25, 0.3) is 0 Å². The third-order valence-corrected chi connectivity index (χ3v) is 2.53. The Morgan fingerprint density at radius 1 is 1.50 bits per heavy atom. The predicted molar refractivity (Wildman–Crippen MR) is 47.7 cm³/mol. The lowest BCUT2D eigenvalue weighted by molar-refractivity contribution is -0.139. The minimum absolute atomic E-state index is 0.160. The van der Waals surface area contributed by atoms with Crippen LogP contribution >= 0.6 is 0 Å². The smallest absolute Gasteiger partial charge is 0.309 e. The summed E-state index contributed by atoms with van der Waals surface area (Å²) in [6, 6.07) is 0. The molecule has 1 rings (SSSR count). The van der Waals surface area contributed by atoms with Gasteiger partial charge in [-0.25, -0.2) is 0 Å². The third kappa shape index (κ3) is 2.36. The van der Waals surface area contributed by atoms with Gasteiger partial charge in [0.2, 0.25) is 0 Å². The Balaban J connectivity index is 2.32. The first-order valence-electron chi connectivity index (χ1n) is 4.48. The molecule has 0 aromatic rings. The van der Waals surface area contributed by atoms with Crippen LogP contribution in [0.5, 0.6) is 0 Å². The number of hydrogen-bond acceptors (Lipinski definition) is 2. The van der Waals surface area contributed by atoms with E-state index < -0.39 is 0 Å². The van der Waals surface area contributed by atoms with Crippen molar-refractivity contribution >= 4 is 5.97 Å². The Morgan fingerprint density at radius 3 is 2.58 bits per heavy atom. The maximum absolute atomic E-state index is 10.9. The monoisotopic (exact) mass is 168 g/mol. The molecule has 2 heteroatoms. The predicted octanol–water partition coefficient (Wildman–Crippen LogP) is 2.30. The first kappa shape index (κ1) is 9.30. The van der Waals surface area contributed by atoms with Crippen molar-refractivity contribution in [2.24, 2.45) is 5.92 Å². The van der Waals surface area contributed by atoms with E-state index in [4.69, 9.17) is 0 Å². The molecule has 0 amide bonds. The van der Waals surface area contributed by atoms with Gasteiger partial charge in [-0.15, -0.1) is 0 Å². The molecular formula is C10H16O2. The van der Waals surface area contributed by atoms with E-state index in [1.54, 1.807) is 0 Å². The molecule has 0 aromatic heterocycles. The molecule has 0 heterocycles. The summed E-state index contributed by atoms with van der Waals surface area (Å²) >= 11 is 0. The Hall–Kier alpha value is -0.790. The summed E-state index contributed by atoms with van der Waals surface area (Å²) in [5.41, 5.74) is 1.05. The fourth-order valence-electron chi connectivity index (χ4n) is 1.74. The van der Waals surface area contributed by atoms with E-state index in [2.05, 4.69) is 11.3 Å². The van der Waals surface area contributed by atoms with Crippen molar-refractivity contribution in [3.8, 4) is 0 Å². The van der Waals surface area contributed by atoms with Gasteiger partial charge in [-0.1, -0.05) is 25.0 Å². The topological polar surface area (TPSA) is 26.3 Å². The van der Waals surface area contributed by atoms with Gasteiger partial charge in [0.25, 0.3) is 0 Å². The summed E-state index contributed by atoms with van der Waals surface area (Å²) in [4.78, 5) is 10.9. The molecule has 0 aliphatic heterocycles. The van der Waals surface area contributed by atoms with E-state index in [9.17, 15) is 4.79 Å². The summed E-state index contributed by atoms with van der Waals surface area (Å²) in [7, 11) is 1.42. The van der Waals surface area contributed by atoms with Crippen LogP contribution in [0.2, 0.25) is 0 Å². The molecule has 0 aromatic carbocycles. The van der Waals surface area contributed by atoms with Crippen LogP contribution in [0.1, 0.15) is 32.1 Å². The highest BCUT2D eigenvalue weighted by Crippen LogP contribution is 2.31. The Bertz CT molecular complexity index is 178. The maximum atomic E-state index is 10.9. The van der Waals surface area contributed by atoms with Gasteiger partial charge in [-0.3, -0.25) is 4.79 Å². The lowest BCUT2D eigenvalue weighted by Crippen LogP contribution is -2.06. The zero-order chi connectivity index (χ0) is 8.97. The standard InChI is InChI=1S/C10H16O2/c1-8(7-10(11)12-2)9-5-3-4-6-9/h9H,1,3-7H2,2H3.